The minimum absolute atomic E-state index is 0.0348. The summed E-state index contributed by atoms with van der Waals surface area (Å²) in [5.74, 6) is 1.30. The maximum atomic E-state index is 12.8. The van der Waals surface area contributed by atoms with E-state index < -0.39 is 0 Å². The third kappa shape index (κ3) is 5.15. The van der Waals surface area contributed by atoms with Crippen molar-refractivity contribution in [3.05, 3.63) is 41.0 Å². The Kier molecular flexibility index (Phi) is 7.02. The highest BCUT2D eigenvalue weighted by molar-refractivity contribution is 7.20. The lowest BCUT2D eigenvalue weighted by Crippen LogP contribution is -2.20. The summed E-state index contributed by atoms with van der Waals surface area (Å²) < 4.78 is 11.5. The van der Waals surface area contributed by atoms with Crippen molar-refractivity contribution in [3.63, 3.8) is 0 Å². The van der Waals surface area contributed by atoms with Crippen LogP contribution in [-0.2, 0) is 4.74 Å². The zero-order chi connectivity index (χ0) is 21.6. The Morgan fingerprint density at radius 2 is 1.94 bits per heavy atom. The third-order valence-electron chi connectivity index (χ3n) is 5.62. The molecule has 0 radical (unpaired) electrons. The summed E-state index contributed by atoms with van der Waals surface area (Å²) in [5.41, 5.74) is 1.77. The molecule has 4 rings (SSSR count). The fourth-order valence-corrected chi connectivity index (χ4v) is 4.89. The summed E-state index contributed by atoms with van der Waals surface area (Å²) in [7, 11) is 0. The van der Waals surface area contributed by atoms with Gasteiger partial charge in [0.15, 0.2) is 0 Å². The third-order valence-corrected chi connectivity index (χ3v) is 6.80. The molecule has 164 valence electrons. The van der Waals surface area contributed by atoms with Crippen LogP contribution >= 0.6 is 11.3 Å². The number of aromatic nitrogens is 2. The standard InChI is InChI=1S/C24H29N3O3S/c1-3-4-14-29-18-12-10-17(11-13-18)27-22-20-16(2)21(31-23(20)26-15-25-22)24(28)30-19-8-6-5-7-9-19/h10-13,15,19H,3-9,14H2,1-2H3,(H,25,26,27). The van der Waals surface area contributed by atoms with Crippen molar-refractivity contribution >= 4 is 39.0 Å². The van der Waals surface area contributed by atoms with Crippen LogP contribution in [0.1, 0.15) is 67.1 Å². The van der Waals surface area contributed by atoms with E-state index in [1.807, 2.05) is 31.2 Å². The molecule has 0 bridgehead atoms. The Bertz CT molecular complexity index is 1030. The van der Waals surface area contributed by atoms with Crippen LogP contribution in [0, 0.1) is 6.92 Å². The smallest absolute Gasteiger partial charge is 0.348 e. The number of fused-ring (bicyclic) bond motifs is 1. The lowest BCUT2D eigenvalue weighted by atomic mass is 9.98. The molecule has 7 heteroatoms. The molecular weight excluding hydrogens is 410 g/mol. The van der Waals surface area contributed by atoms with Crippen LogP contribution < -0.4 is 10.1 Å². The van der Waals surface area contributed by atoms with Crippen molar-refractivity contribution in [3.8, 4) is 5.75 Å². The lowest BCUT2D eigenvalue weighted by molar-refractivity contribution is 0.0216. The number of hydrogen-bond donors (Lipinski definition) is 1. The number of rotatable bonds is 8. The quantitative estimate of drug-likeness (QED) is 0.323. The molecule has 0 spiro atoms. The average Bonchev–Trinajstić information content (AvgIpc) is 3.13. The van der Waals surface area contributed by atoms with Crippen LogP contribution in [-0.4, -0.2) is 28.6 Å². The van der Waals surface area contributed by atoms with E-state index in [1.54, 1.807) is 0 Å². The van der Waals surface area contributed by atoms with Crippen molar-refractivity contribution in [1.29, 1.82) is 0 Å². The van der Waals surface area contributed by atoms with Gasteiger partial charge in [0.05, 0.1) is 12.0 Å². The Balaban J connectivity index is 1.51. The van der Waals surface area contributed by atoms with E-state index in [1.165, 1.54) is 24.1 Å². The second kappa shape index (κ2) is 10.1. The second-order valence-corrected chi connectivity index (χ2v) is 8.97. The molecule has 0 saturated heterocycles. The topological polar surface area (TPSA) is 73.3 Å². The monoisotopic (exact) mass is 439 g/mol. The van der Waals surface area contributed by atoms with Gasteiger partial charge in [-0.25, -0.2) is 14.8 Å². The largest absolute Gasteiger partial charge is 0.494 e. The number of anilines is 2. The molecule has 6 nitrogen and oxygen atoms in total. The molecule has 1 saturated carbocycles. The van der Waals surface area contributed by atoms with Crippen LogP contribution in [0.4, 0.5) is 11.5 Å². The molecule has 0 atom stereocenters. The molecule has 0 unspecified atom stereocenters. The number of nitrogens with zero attached hydrogens (tertiary/aromatic N) is 2. The number of esters is 1. The van der Waals surface area contributed by atoms with Crippen LogP contribution in [0.25, 0.3) is 10.2 Å². The van der Waals surface area contributed by atoms with Crippen LogP contribution in [0.5, 0.6) is 5.75 Å². The zero-order valence-electron chi connectivity index (χ0n) is 18.1. The molecule has 3 aromatic rings. The average molecular weight is 440 g/mol. The van der Waals surface area contributed by atoms with Gasteiger partial charge in [-0.3, -0.25) is 0 Å². The predicted molar refractivity (Wildman–Crippen MR) is 125 cm³/mol. The highest BCUT2D eigenvalue weighted by Gasteiger charge is 2.24. The Morgan fingerprint density at radius 1 is 1.16 bits per heavy atom. The van der Waals surface area contributed by atoms with Gasteiger partial charge in [0.25, 0.3) is 0 Å². The van der Waals surface area contributed by atoms with Crippen LogP contribution in [0.2, 0.25) is 0 Å². The van der Waals surface area contributed by atoms with E-state index in [9.17, 15) is 4.79 Å². The van der Waals surface area contributed by atoms with E-state index in [0.29, 0.717) is 10.7 Å². The van der Waals surface area contributed by atoms with Gasteiger partial charge in [-0.2, -0.15) is 0 Å². The number of carbonyl (C=O) groups excluding carboxylic acids is 1. The highest BCUT2D eigenvalue weighted by atomic mass is 32.1. The number of hydrogen-bond acceptors (Lipinski definition) is 7. The van der Waals surface area contributed by atoms with E-state index in [0.717, 1.165) is 72.3 Å². The number of aryl methyl sites for hydroxylation is 1. The molecular formula is C24H29N3O3S. The minimum Gasteiger partial charge on any atom is -0.494 e. The lowest BCUT2D eigenvalue weighted by Gasteiger charge is -2.21. The molecule has 1 N–H and O–H groups in total. The summed E-state index contributed by atoms with van der Waals surface area (Å²) in [6.45, 7) is 4.81. The number of carbonyl (C=O) groups is 1. The van der Waals surface area contributed by atoms with Crippen LogP contribution in [0.15, 0.2) is 30.6 Å². The molecule has 2 aromatic heterocycles. The highest BCUT2D eigenvalue weighted by Crippen LogP contribution is 2.35. The van der Waals surface area contributed by atoms with Gasteiger partial charge >= 0.3 is 5.97 Å². The number of benzene rings is 1. The summed E-state index contributed by atoms with van der Waals surface area (Å²) >= 11 is 1.37. The van der Waals surface area contributed by atoms with Gasteiger partial charge in [0.2, 0.25) is 0 Å². The van der Waals surface area contributed by atoms with Gasteiger partial charge in [-0.1, -0.05) is 19.8 Å². The van der Waals surface area contributed by atoms with Crippen molar-refractivity contribution < 1.29 is 14.3 Å². The fraction of sp³-hybridized carbons (Fsp3) is 0.458. The van der Waals surface area contributed by atoms with Gasteiger partial charge in [-0.15, -0.1) is 11.3 Å². The van der Waals surface area contributed by atoms with E-state index in [-0.39, 0.29) is 12.1 Å². The fourth-order valence-electron chi connectivity index (χ4n) is 3.85. The first-order valence-corrected chi connectivity index (χ1v) is 11.9. The molecule has 0 amide bonds. The second-order valence-electron chi connectivity index (χ2n) is 7.98. The molecule has 0 aliphatic heterocycles. The van der Waals surface area contributed by atoms with E-state index in [2.05, 4.69) is 22.2 Å². The number of unbranched alkanes of at least 4 members (excludes halogenated alkanes) is 1. The predicted octanol–water partition coefficient (Wildman–Crippen LogP) is 6.41. The molecule has 1 aliphatic carbocycles. The van der Waals surface area contributed by atoms with Crippen molar-refractivity contribution in [1.82, 2.24) is 9.97 Å². The van der Waals surface area contributed by atoms with Crippen molar-refractivity contribution in [2.75, 3.05) is 11.9 Å². The summed E-state index contributed by atoms with van der Waals surface area (Å²) in [6.07, 6.45) is 9.12. The van der Waals surface area contributed by atoms with E-state index >= 15 is 0 Å². The van der Waals surface area contributed by atoms with Gasteiger partial charge in [-0.05, 0) is 68.9 Å². The van der Waals surface area contributed by atoms with E-state index in [4.69, 9.17) is 9.47 Å². The molecule has 1 aromatic carbocycles. The van der Waals surface area contributed by atoms with Gasteiger partial charge in [0.1, 0.15) is 33.7 Å². The zero-order valence-corrected chi connectivity index (χ0v) is 19.0. The molecule has 31 heavy (non-hydrogen) atoms. The maximum absolute atomic E-state index is 12.8. The molecule has 1 aliphatic rings. The maximum Gasteiger partial charge on any atom is 0.348 e. The first-order chi connectivity index (χ1) is 15.2. The minimum atomic E-state index is -0.244. The molecule has 2 heterocycles. The summed E-state index contributed by atoms with van der Waals surface area (Å²) in [5, 5.41) is 4.23. The number of ether oxygens (including phenoxy) is 2. The summed E-state index contributed by atoms with van der Waals surface area (Å²) in [4.78, 5) is 23.0. The first kappa shape index (κ1) is 21.6. The van der Waals surface area contributed by atoms with Crippen molar-refractivity contribution in [2.45, 2.75) is 64.9 Å². The Hall–Kier alpha value is -2.67. The van der Waals surface area contributed by atoms with Gasteiger partial charge in [0, 0.05) is 5.69 Å². The van der Waals surface area contributed by atoms with Crippen LogP contribution in [0.3, 0.4) is 0 Å². The normalized spacial score (nSPS) is 14.5. The summed E-state index contributed by atoms with van der Waals surface area (Å²) in [6, 6.07) is 7.83. The Morgan fingerprint density at radius 3 is 2.68 bits per heavy atom. The Labute approximate surface area is 187 Å². The van der Waals surface area contributed by atoms with Gasteiger partial charge < -0.3 is 14.8 Å². The first-order valence-electron chi connectivity index (χ1n) is 11.1. The van der Waals surface area contributed by atoms with Crippen molar-refractivity contribution in [2.24, 2.45) is 0 Å². The number of nitrogens with one attached hydrogen (secondary N) is 1. The molecule has 1 fully saturated rings. The number of thiophene rings is 1. The SMILES string of the molecule is CCCCOc1ccc(Nc2ncnc3sc(C(=O)OC4CCCCC4)c(C)c23)cc1.